The van der Waals surface area contributed by atoms with Crippen LogP contribution in [0.2, 0.25) is 0 Å². The van der Waals surface area contributed by atoms with Gasteiger partial charge < -0.3 is 14.7 Å². The number of nitrogens with zero attached hydrogens (tertiary/aromatic N) is 1. The molecule has 0 atom stereocenters. The summed E-state index contributed by atoms with van der Waals surface area (Å²) in [4.78, 5) is 14.1. The molecule has 21 heavy (non-hydrogen) atoms. The first-order valence-electron chi connectivity index (χ1n) is 7.75. The van der Waals surface area contributed by atoms with Gasteiger partial charge in [-0.05, 0) is 37.5 Å². The Balaban J connectivity index is 2.01. The molecule has 1 N–H and O–H groups in total. The normalized spacial score (nSPS) is 16.7. The zero-order valence-electron chi connectivity index (χ0n) is 13.0. The third-order valence-corrected chi connectivity index (χ3v) is 3.97. The van der Waals surface area contributed by atoms with E-state index in [1.165, 1.54) is 0 Å². The van der Waals surface area contributed by atoms with Gasteiger partial charge in [0.2, 0.25) is 0 Å². The minimum absolute atomic E-state index is 0.0720. The zero-order chi connectivity index (χ0) is 15.3. The van der Waals surface area contributed by atoms with Crippen molar-refractivity contribution in [2.24, 2.45) is 0 Å². The van der Waals surface area contributed by atoms with Crippen molar-refractivity contribution in [1.29, 1.82) is 0 Å². The fraction of sp³-hybridized carbons (Fsp3) is 0.588. The average molecular weight is 291 g/mol. The summed E-state index contributed by atoms with van der Waals surface area (Å²) in [6.07, 6.45) is 4.58. The fourth-order valence-electron chi connectivity index (χ4n) is 2.86. The van der Waals surface area contributed by atoms with E-state index in [2.05, 4.69) is 0 Å². The lowest BCUT2D eigenvalue weighted by molar-refractivity contribution is 0.0156. The smallest absolute Gasteiger partial charge is 0.253 e. The molecule has 0 heterocycles. The van der Waals surface area contributed by atoms with Gasteiger partial charge in [0.25, 0.3) is 5.91 Å². The molecule has 4 nitrogen and oxygen atoms in total. The van der Waals surface area contributed by atoms with E-state index >= 15 is 0 Å². The second kappa shape index (κ2) is 6.94. The van der Waals surface area contributed by atoms with Crippen LogP contribution in [0.15, 0.2) is 24.3 Å². The van der Waals surface area contributed by atoms with Crippen LogP contribution in [0.5, 0.6) is 5.75 Å². The molecule has 1 saturated carbocycles. The Morgan fingerprint density at radius 3 is 2.76 bits per heavy atom. The van der Waals surface area contributed by atoms with Gasteiger partial charge in [0.15, 0.2) is 0 Å². The highest BCUT2D eigenvalue weighted by Gasteiger charge is 2.33. The minimum Gasteiger partial charge on any atom is -0.494 e. The van der Waals surface area contributed by atoms with Gasteiger partial charge in [-0.15, -0.1) is 0 Å². The van der Waals surface area contributed by atoms with Crippen molar-refractivity contribution in [2.45, 2.75) is 44.6 Å². The van der Waals surface area contributed by atoms with Crippen LogP contribution in [0.3, 0.4) is 0 Å². The lowest BCUT2D eigenvalue weighted by Crippen LogP contribution is -2.42. The Kier molecular flexibility index (Phi) is 5.23. The summed E-state index contributed by atoms with van der Waals surface area (Å²) in [5, 5.41) is 10.4. The summed E-state index contributed by atoms with van der Waals surface area (Å²) in [6, 6.07) is 7.25. The van der Waals surface area contributed by atoms with Crippen molar-refractivity contribution in [3.05, 3.63) is 29.8 Å². The monoisotopic (exact) mass is 291 g/mol. The number of likely N-dealkylation sites (N-methyl/N-ethyl adjacent to an activating group) is 1. The van der Waals surface area contributed by atoms with E-state index in [-0.39, 0.29) is 5.91 Å². The van der Waals surface area contributed by atoms with Gasteiger partial charge in [-0.3, -0.25) is 4.79 Å². The highest BCUT2D eigenvalue weighted by molar-refractivity contribution is 5.94. The van der Waals surface area contributed by atoms with Gasteiger partial charge in [-0.1, -0.05) is 25.8 Å². The standard InChI is InChI=1S/C17H25NO3/c1-3-11-21-15-8-6-7-14(12-15)16(19)18(2)13-17(20)9-4-5-10-17/h6-8,12,20H,3-5,9-11,13H2,1-2H3. The van der Waals surface area contributed by atoms with Crippen LogP contribution in [0.1, 0.15) is 49.4 Å². The third-order valence-electron chi connectivity index (χ3n) is 3.97. The number of rotatable bonds is 6. The largest absolute Gasteiger partial charge is 0.494 e. The van der Waals surface area contributed by atoms with Gasteiger partial charge >= 0.3 is 0 Å². The Labute approximate surface area is 126 Å². The predicted molar refractivity (Wildman–Crippen MR) is 82.6 cm³/mol. The van der Waals surface area contributed by atoms with Gasteiger partial charge in [-0.25, -0.2) is 0 Å². The topological polar surface area (TPSA) is 49.8 Å². The first-order chi connectivity index (χ1) is 10.0. The van der Waals surface area contributed by atoms with E-state index in [0.717, 1.165) is 37.9 Å². The van der Waals surface area contributed by atoms with Crippen molar-refractivity contribution in [2.75, 3.05) is 20.2 Å². The molecule has 2 rings (SSSR count). The molecule has 116 valence electrons. The molecule has 0 aromatic heterocycles. The molecule has 0 bridgehead atoms. The van der Waals surface area contributed by atoms with E-state index in [9.17, 15) is 9.90 Å². The Bertz CT molecular complexity index is 481. The van der Waals surface area contributed by atoms with Crippen LogP contribution < -0.4 is 4.74 Å². The summed E-state index contributed by atoms with van der Waals surface area (Å²) in [5.74, 6) is 0.646. The number of carbonyl (C=O) groups excluding carboxylic acids is 1. The van der Waals surface area contributed by atoms with Gasteiger partial charge in [0.05, 0.1) is 12.2 Å². The second-order valence-corrected chi connectivity index (χ2v) is 5.97. The molecule has 0 unspecified atom stereocenters. The Morgan fingerprint density at radius 1 is 1.38 bits per heavy atom. The third kappa shape index (κ3) is 4.21. The first-order valence-corrected chi connectivity index (χ1v) is 7.75. The van der Waals surface area contributed by atoms with Crippen molar-refractivity contribution in [3.63, 3.8) is 0 Å². The molecule has 0 saturated heterocycles. The first kappa shape index (κ1) is 15.8. The number of carbonyl (C=O) groups is 1. The minimum atomic E-state index is -0.708. The van der Waals surface area contributed by atoms with Crippen LogP contribution in [-0.4, -0.2) is 41.7 Å². The van der Waals surface area contributed by atoms with Crippen LogP contribution in [-0.2, 0) is 0 Å². The molecule has 0 spiro atoms. The van der Waals surface area contributed by atoms with Crippen molar-refractivity contribution < 1.29 is 14.6 Å². The highest BCUT2D eigenvalue weighted by atomic mass is 16.5. The van der Waals surface area contributed by atoms with Crippen LogP contribution >= 0.6 is 0 Å². The summed E-state index contributed by atoms with van der Waals surface area (Å²) in [7, 11) is 1.75. The summed E-state index contributed by atoms with van der Waals surface area (Å²) in [5.41, 5.74) is -0.103. The molecule has 0 aliphatic heterocycles. The number of amides is 1. The molecule has 1 aromatic carbocycles. The van der Waals surface area contributed by atoms with Gasteiger partial charge in [0, 0.05) is 19.2 Å². The number of hydrogen-bond acceptors (Lipinski definition) is 3. The molecule has 4 heteroatoms. The number of benzene rings is 1. The molecule has 1 aromatic rings. The number of aliphatic hydroxyl groups is 1. The van der Waals surface area contributed by atoms with Crippen LogP contribution in [0.4, 0.5) is 0 Å². The maximum absolute atomic E-state index is 12.5. The SMILES string of the molecule is CCCOc1cccc(C(=O)N(C)CC2(O)CCCC2)c1. The van der Waals surface area contributed by atoms with E-state index in [1.807, 2.05) is 19.1 Å². The van der Waals surface area contributed by atoms with Crippen LogP contribution in [0.25, 0.3) is 0 Å². The Hall–Kier alpha value is -1.55. The number of ether oxygens (including phenoxy) is 1. The van der Waals surface area contributed by atoms with Gasteiger partial charge in [0.1, 0.15) is 5.75 Å². The van der Waals surface area contributed by atoms with Crippen LogP contribution in [0, 0.1) is 0 Å². The van der Waals surface area contributed by atoms with E-state index in [4.69, 9.17) is 4.74 Å². The maximum Gasteiger partial charge on any atom is 0.253 e. The Morgan fingerprint density at radius 2 is 2.10 bits per heavy atom. The molecule has 1 fully saturated rings. The molecule has 1 aliphatic carbocycles. The highest BCUT2D eigenvalue weighted by Crippen LogP contribution is 2.30. The van der Waals surface area contributed by atoms with Crippen molar-refractivity contribution >= 4 is 5.91 Å². The maximum atomic E-state index is 12.5. The molecule has 1 amide bonds. The van der Waals surface area contributed by atoms with E-state index < -0.39 is 5.60 Å². The van der Waals surface area contributed by atoms with E-state index in [1.54, 1.807) is 24.1 Å². The lowest BCUT2D eigenvalue weighted by atomic mass is 10.0. The quantitative estimate of drug-likeness (QED) is 0.877. The van der Waals surface area contributed by atoms with Crippen molar-refractivity contribution in [1.82, 2.24) is 4.90 Å². The summed E-state index contributed by atoms with van der Waals surface area (Å²) < 4.78 is 5.56. The van der Waals surface area contributed by atoms with Gasteiger partial charge in [-0.2, -0.15) is 0 Å². The number of hydrogen-bond donors (Lipinski definition) is 1. The molecular formula is C17H25NO3. The molecular weight excluding hydrogens is 266 g/mol. The average Bonchev–Trinajstić information content (AvgIpc) is 2.90. The van der Waals surface area contributed by atoms with Crippen molar-refractivity contribution in [3.8, 4) is 5.75 Å². The molecule has 0 radical (unpaired) electrons. The summed E-state index contributed by atoms with van der Waals surface area (Å²) in [6.45, 7) is 3.09. The second-order valence-electron chi connectivity index (χ2n) is 5.97. The summed E-state index contributed by atoms with van der Waals surface area (Å²) >= 11 is 0. The fourth-order valence-corrected chi connectivity index (χ4v) is 2.86. The predicted octanol–water partition coefficient (Wildman–Crippen LogP) is 2.85. The molecule has 1 aliphatic rings. The van der Waals surface area contributed by atoms with E-state index in [0.29, 0.717) is 18.7 Å². The lowest BCUT2D eigenvalue weighted by Gasteiger charge is -2.28. The zero-order valence-corrected chi connectivity index (χ0v) is 13.0.